The average molecular weight is 279 g/mol. The van der Waals surface area contributed by atoms with E-state index in [0.29, 0.717) is 5.56 Å². The molecule has 1 atom stereocenters. The Morgan fingerprint density at radius 3 is 2.68 bits per heavy atom. The van der Waals surface area contributed by atoms with Gasteiger partial charge in [0.2, 0.25) is 0 Å². The average Bonchev–Trinajstić information content (AvgIpc) is 2.88. The van der Waals surface area contributed by atoms with E-state index in [-0.39, 0.29) is 5.82 Å². The Balaban J connectivity index is 2.35. The monoisotopic (exact) mass is 279 g/mol. The highest BCUT2D eigenvalue weighted by Crippen LogP contribution is 2.30. The second-order valence-electron chi connectivity index (χ2n) is 4.44. The van der Waals surface area contributed by atoms with Crippen LogP contribution in [0.4, 0.5) is 10.1 Å². The molecule has 1 aromatic heterocycles. The van der Waals surface area contributed by atoms with Crippen LogP contribution in [-0.4, -0.2) is 11.7 Å². The van der Waals surface area contributed by atoms with Crippen molar-refractivity contribution in [2.45, 2.75) is 26.5 Å². The molecule has 2 aromatic rings. The molecule has 2 nitrogen and oxygen atoms in total. The molecule has 0 aliphatic carbocycles. The van der Waals surface area contributed by atoms with E-state index >= 15 is 0 Å². The minimum Gasteiger partial charge on any atom is -0.389 e. The van der Waals surface area contributed by atoms with Gasteiger partial charge in [0.05, 0.1) is 12.6 Å². The predicted octanol–water partition coefficient (Wildman–Crippen LogP) is 3.97. The Morgan fingerprint density at radius 2 is 2.11 bits per heavy atom. The Bertz CT molecular complexity index is 525. The Hall–Kier alpha value is -1.39. The third kappa shape index (κ3) is 3.14. The van der Waals surface area contributed by atoms with Crippen molar-refractivity contribution in [2.75, 3.05) is 11.4 Å². The van der Waals surface area contributed by atoms with Crippen LogP contribution in [0.1, 0.15) is 30.4 Å². The van der Waals surface area contributed by atoms with E-state index in [0.717, 1.165) is 18.8 Å². The summed E-state index contributed by atoms with van der Waals surface area (Å²) in [5.41, 5.74) is 1.15. The van der Waals surface area contributed by atoms with Crippen LogP contribution in [0.25, 0.3) is 0 Å². The molecular formula is C15H18FNOS. The number of hydrogen-bond acceptors (Lipinski definition) is 3. The molecule has 1 unspecified atom stereocenters. The summed E-state index contributed by atoms with van der Waals surface area (Å²) < 4.78 is 13.9. The molecule has 4 heteroatoms. The molecule has 0 aliphatic rings. The summed E-state index contributed by atoms with van der Waals surface area (Å²) in [4.78, 5) is 3.31. The van der Waals surface area contributed by atoms with Crippen LogP contribution in [0.3, 0.4) is 0 Å². The smallest absolute Gasteiger partial charge is 0.131 e. The van der Waals surface area contributed by atoms with Crippen molar-refractivity contribution < 1.29 is 9.50 Å². The molecule has 0 amide bonds. The van der Waals surface area contributed by atoms with E-state index in [1.54, 1.807) is 24.3 Å². The molecule has 0 fully saturated rings. The van der Waals surface area contributed by atoms with E-state index < -0.39 is 6.10 Å². The van der Waals surface area contributed by atoms with Gasteiger partial charge >= 0.3 is 0 Å². The number of aliphatic hydroxyl groups is 1. The first-order chi connectivity index (χ1) is 9.13. The zero-order valence-electron chi connectivity index (χ0n) is 11.1. The summed E-state index contributed by atoms with van der Waals surface area (Å²) in [5, 5.41) is 11.8. The van der Waals surface area contributed by atoms with Crippen LogP contribution in [0.2, 0.25) is 0 Å². The molecule has 19 heavy (non-hydrogen) atoms. The quantitative estimate of drug-likeness (QED) is 0.895. The molecule has 0 saturated heterocycles. The summed E-state index contributed by atoms with van der Waals surface area (Å²) in [6.07, 6.45) is -0.811. The summed E-state index contributed by atoms with van der Waals surface area (Å²) >= 11 is 1.68. The summed E-state index contributed by atoms with van der Waals surface area (Å²) in [6, 6.07) is 9.02. The third-order valence-electron chi connectivity index (χ3n) is 3.10. The molecule has 1 N–H and O–H groups in total. The number of anilines is 1. The predicted molar refractivity (Wildman–Crippen MR) is 78.1 cm³/mol. The standard InChI is InChI=1S/C15H18FNOS/c1-3-17(10-12-6-5-9-19-12)14-8-4-7-13(16)15(14)11(2)18/h4-9,11,18H,3,10H2,1-2H3. The van der Waals surface area contributed by atoms with Gasteiger partial charge in [-0.25, -0.2) is 4.39 Å². The first kappa shape index (κ1) is 14.0. The van der Waals surface area contributed by atoms with Crippen LogP contribution >= 0.6 is 11.3 Å². The maximum atomic E-state index is 13.9. The minimum atomic E-state index is -0.811. The second kappa shape index (κ2) is 6.17. The van der Waals surface area contributed by atoms with Crippen LogP contribution in [0.5, 0.6) is 0 Å². The van der Waals surface area contributed by atoms with Crippen molar-refractivity contribution in [1.29, 1.82) is 0 Å². The van der Waals surface area contributed by atoms with Crippen molar-refractivity contribution in [3.05, 3.63) is 52.0 Å². The molecule has 0 radical (unpaired) electrons. The second-order valence-corrected chi connectivity index (χ2v) is 5.47. The van der Waals surface area contributed by atoms with E-state index in [9.17, 15) is 9.50 Å². The lowest BCUT2D eigenvalue weighted by Gasteiger charge is -2.26. The van der Waals surface area contributed by atoms with E-state index in [1.165, 1.54) is 10.9 Å². The maximum absolute atomic E-state index is 13.9. The van der Waals surface area contributed by atoms with Crippen LogP contribution in [0, 0.1) is 5.82 Å². The Morgan fingerprint density at radius 1 is 1.32 bits per heavy atom. The van der Waals surface area contributed by atoms with Gasteiger partial charge in [-0.15, -0.1) is 11.3 Å². The number of benzene rings is 1. The first-order valence-corrected chi connectivity index (χ1v) is 7.25. The Labute approximate surface area is 117 Å². The topological polar surface area (TPSA) is 23.5 Å². The summed E-state index contributed by atoms with van der Waals surface area (Å²) in [5.74, 6) is -0.350. The van der Waals surface area contributed by atoms with Gasteiger partial charge in [0.25, 0.3) is 0 Å². The lowest BCUT2D eigenvalue weighted by Crippen LogP contribution is -2.23. The summed E-state index contributed by atoms with van der Waals surface area (Å²) in [6.45, 7) is 5.13. The Kier molecular flexibility index (Phi) is 4.56. The summed E-state index contributed by atoms with van der Waals surface area (Å²) in [7, 11) is 0. The SMILES string of the molecule is CCN(Cc1cccs1)c1cccc(F)c1C(C)O. The van der Waals surface area contributed by atoms with Crippen LogP contribution in [0.15, 0.2) is 35.7 Å². The van der Waals surface area contributed by atoms with Gasteiger partial charge < -0.3 is 10.0 Å². The zero-order chi connectivity index (χ0) is 13.8. The van der Waals surface area contributed by atoms with Crippen molar-refractivity contribution >= 4 is 17.0 Å². The lowest BCUT2D eigenvalue weighted by atomic mass is 10.1. The molecule has 0 aliphatic heterocycles. The number of aliphatic hydroxyl groups excluding tert-OH is 1. The highest BCUT2D eigenvalue weighted by Gasteiger charge is 2.17. The lowest BCUT2D eigenvalue weighted by molar-refractivity contribution is 0.194. The van der Waals surface area contributed by atoms with Crippen LogP contribution in [-0.2, 0) is 6.54 Å². The third-order valence-corrected chi connectivity index (χ3v) is 3.96. The maximum Gasteiger partial charge on any atom is 0.131 e. The fourth-order valence-electron chi connectivity index (χ4n) is 2.17. The fourth-order valence-corrected chi connectivity index (χ4v) is 2.89. The van der Waals surface area contributed by atoms with E-state index in [4.69, 9.17) is 0 Å². The number of thiophene rings is 1. The molecule has 0 saturated carbocycles. The molecule has 0 spiro atoms. The van der Waals surface area contributed by atoms with E-state index in [1.807, 2.05) is 24.4 Å². The van der Waals surface area contributed by atoms with Gasteiger partial charge in [-0.05, 0) is 37.4 Å². The minimum absolute atomic E-state index is 0.350. The number of nitrogens with zero attached hydrogens (tertiary/aromatic N) is 1. The van der Waals surface area contributed by atoms with Crippen LogP contribution < -0.4 is 4.90 Å². The van der Waals surface area contributed by atoms with Gasteiger partial charge in [0.1, 0.15) is 5.82 Å². The molecule has 102 valence electrons. The van der Waals surface area contributed by atoms with Crippen molar-refractivity contribution in [1.82, 2.24) is 0 Å². The van der Waals surface area contributed by atoms with Gasteiger partial charge in [-0.3, -0.25) is 0 Å². The van der Waals surface area contributed by atoms with Crippen molar-refractivity contribution in [3.63, 3.8) is 0 Å². The largest absolute Gasteiger partial charge is 0.389 e. The van der Waals surface area contributed by atoms with E-state index in [2.05, 4.69) is 11.0 Å². The molecule has 1 aromatic carbocycles. The number of rotatable bonds is 5. The van der Waals surface area contributed by atoms with Gasteiger partial charge in [0.15, 0.2) is 0 Å². The zero-order valence-corrected chi connectivity index (χ0v) is 12.0. The van der Waals surface area contributed by atoms with Gasteiger partial charge in [-0.1, -0.05) is 12.1 Å². The highest BCUT2D eigenvalue weighted by atomic mass is 32.1. The van der Waals surface area contributed by atoms with Gasteiger partial charge in [-0.2, -0.15) is 0 Å². The molecule has 1 heterocycles. The normalized spacial score (nSPS) is 12.4. The fraction of sp³-hybridized carbons (Fsp3) is 0.333. The first-order valence-electron chi connectivity index (χ1n) is 6.37. The molecule has 2 rings (SSSR count). The number of halogens is 1. The number of hydrogen-bond donors (Lipinski definition) is 1. The van der Waals surface area contributed by atoms with Crippen molar-refractivity contribution in [2.24, 2.45) is 0 Å². The van der Waals surface area contributed by atoms with Gasteiger partial charge in [0, 0.05) is 22.7 Å². The molecule has 0 bridgehead atoms. The molecular weight excluding hydrogens is 261 g/mol. The van der Waals surface area contributed by atoms with Crippen molar-refractivity contribution in [3.8, 4) is 0 Å². The highest BCUT2D eigenvalue weighted by molar-refractivity contribution is 7.09.